The van der Waals surface area contributed by atoms with Gasteiger partial charge in [-0.3, -0.25) is 0 Å². The van der Waals surface area contributed by atoms with E-state index in [9.17, 15) is 4.39 Å². The molecule has 0 heterocycles. The summed E-state index contributed by atoms with van der Waals surface area (Å²) in [5, 5.41) is 0. The molecule has 16 heavy (non-hydrogen) atoms. The van der Waals surface area contributed by atoms with Gasteiger partial charge in [0.05, 0.1) is 20.1 Å². The highest BCUT2D eigenvalue weighted by Gasteiger charge is 2.21. The molecular formula is C12H16ClFO2. The Morgan fingerprint density at radius 1 is 1.31 bits per heavy atom. The molecule has 4 heteroatoms. The Kier molecular flexibility index (Phi) is 4.42. The molecule has 0 bridgehead atoms. The van der Waals surface area contributed by atoms with E-state index in [0.717, 1.165) is 5.56 Å². The number of hydrogen-bond donors (Lipinski definition) is 0. The molecule has 0 fully saturated rings. The van der Waals surface area contributed by atoms with Crippen LogP contribution in [-0.4, -0.2) is 14.2 Å². The molecule has 1 aromatic carbocycles. The van der Waals surface area contributed by atoms with Gasteiger partial charge in [-0.1, -0.05) is 13.8 Å². The van der Waals surface area contributed by atoms with Crippen molar-refractivity contribution in [2.24, 2.45) is 0 Å². The van der Waals surface area contributed by atoms with Crippen molar-refractivity contribution >= 4 is 11.6 Å². The van der Waals surface area contributed by atoms with E-state index < -0.39 is 5.82 Å². The fourth-order valence-corrected chi connectivity index (χ4v) is 1.88. The minimum absolute atomic E-state index is 0.0942. The number of alkyl halides is 1. The molecule has 90 valence electrons. The van der Waals surface area contributed by atoms with Gasteiger partial charge in [0.1, 0.15) is 5.75 Å². The maximum atomic E-state index is 13.9. The van der Waals surface area contributed by atoms with Gasteiger partial charge in [0.25, 0.3) is 0 Å². The zero-order chi connectivity index (χ0) is 12.3. The number of methoxy groups -OCH3 is 2. The van der Waals surface area contributed by atoms with E-state index in [1.54, 1.807) is 13.2 Å². The first kappa shape index (κ1) is 13.1. The van der Waals surface area contributed by atoms with Crippen LogP contribution < -0.4 is 9.47 Å². The van der Waals surface area contributed by atoms with Crippen molar-refractivity contribution in [2.75, 3.05) is 14.2 Å². The van der Waals surface area contributed by atoms with Crippen LogP contribution in [0.15, 0.2) is 6.07 Å². The molecule has 1 rings (SSSR count). The normalized spacial score (nSPS) is 10.7. The van der Waals surface area contributed by atoms with Gasteiger partial charge >= 0.3 is 0 Å². The van der Waals surface area contributed by atoms with Crippen LogP contribution in [0.4, 0.5) is 4.39 Å². The largest absolute Gasteiger partial charge is 0.496 e. The molecule has 0 atom stereocenters. The third-order valence-corrected chi connectivity index (χ3v) is 2.73. The summed E-state index contributed by atoms with van der Waals surface area (Å²) in [7, 11) is 3.00. The quantitative estimate of drug-likeness (QED) is 0.754. The Balaban J connectivity index is 3.50. The van der Waals surface area contributed by atoms with Crippen LogP contribution in [0.5, 0.6) is 11.5 Å². The molecule has 0 N–H and O–H groups in total. The van der Waals surface area contributed by atoms with Gasteiger partial charge in [-0.2, -0.15) is 0 Å². The molecule has 0 aliphatic heterocycles. The fraction of sp³-hybridized carbons (Fsp3) is 0.500. The van der Waals surface area contributed by atoms with Crippen LogP contribution in [0.1, 0.15) is 30.9 Å². The lowest BCUT2D eigenvalue weighted by atomic mass is 9.98. The third kappa shape index (κ3) is 2.24. The number of benzene rings is 1. The number of rotatable bonds is 4. The smallest absolute Gasteiger partial charge is 0.170 e. The molecule has 1 aromatic rings. The number of ether oxygens (including phenoxy) is 2. The maximum Gasteiger partial charge on any atom is 0.170 e. The molecule has 0 radical (unpaired) electrons. The second kappa shape index (κ2) is 5.39. The summed E-state index contributed by atoms with van der Waals surface area (Å²) in [5.74, 6) is 0.649. The van der Waals surface area contributed by atoms with E-state index in [-0.39, 0.29) is 17.5 Å². The molecule has 0 saturated carbocycles. The topological polar surface area (TPSA) is 18.5 Å². The molecule has 0 aliphatic rings. The van der Waals surface area contributed by atoms with Crippen LogP contribution in [-0.2, 0) is 5.88 Å². The molecule has 0 amide bonds. The first-order valence-corrected chi connectivity index (χ1v) is 5.59. The number of hydrogen-bond acceptors (Lipinski definition) is 2. The summed E-state index contributed by atoms with van der Waals surface area (Å²) in [6.07, 6.45) is 0. The first-order chi connectivity index (χ1) is 7.56. The lowest BCUT2D eigenvalue weighted by molar-refractivity contribution is 0.360. The second-order valence-electron chi connectivity index (χ2n) is 3.79. The van der Waals surface area contributed by atoms with Crippen LogP contribution in [0.3, 0.4) is 0 Å². The maximum absolute atomic E-state index is 13.9. The zero-order valence-corrected chi connectivity index (χ0v) is 10.7. The molecule has 0 spiro atoms. The average molecular weight is 247 g/mol. The highest BCUT2D eigenvalue weighted by Crippen LogP contribution is 2.39. The van der Waals surface area contributed by atoms with Crippen molar-refractivity contribution < 1.29 is 13.9 Å². The summed E-state index contributed by atoms with van der Waals surface area (Å²) < 4.78 is 24.3. The average Bonchev–Trinajstić information content (AvgIpc) is 2.27. The Morgan fingerprint density at radius 2 is 1.94 bits per heavy atom. The Morgan fingerprint density at radius 3 is 2.31 bits per heavy atom. The second-order valence-corrected chi connectivity index (χ2v) is 4.05. The standard InChI is InChI=1S/C12H16ClFO2/c1-7(2)10-9(15-3)5-8(6-13)11(14)12(10)16-4/h5,7H,6H2,1-4H3. The predicted molar refractivity (Wildman–Crippen MR) is 63.2 cm³/mol. The minimum Gasteiger partial charge on any atom is -0.496 e. The van der Waals surface area contributed by atoms with Crippen LogP contribution >= 0.6 is 11.6 Å². The van der Waals surface area contributed by atoms with E-state index in [0.29, 0.717) is 11.3 Å². The van der Waals surface area contributed by atoms with E-state index in [4.69, 9.17) is 21.1 Å². The molecule has 0 aliphatic carbocycles. The van der Waals surface area contributed by atoms with Gasteiger partial charge in [-0.15, -0.1) is 11.6 Å². The fourth-order valence-electron chi connectivity index (χ4n) is 1.69. The minimum atomic E-state index is -0.401. The summed E-state index contributed by atoms with van der Waals surface area (Å²) in [6.45, 7) is 3.92. The summed E-state index contributed by atoms with van der Waals surface area (Å²) in [5.41, 5.74) is 1.12. The van der Waals surface area contributed by atoms with Gasteiger partial charge < -0.3 is 9.47 Å². The highest BCUT2D eigenvalue weighted by molar-refractivity contribution is 6.17. The van der Waals surface area contributed by atoms with Crippen molar-refractivity contribution in [3.8, 4) is 11.5 Å². The van der Waals surface area contributed by atoms with Crippen molar-refractivity contribution in [1.29, 1.82) is 0 Å². The van der Waals surface area contributed by atoms with Gasteiger partial charge in [0, 0.05) is 11.1 Å². The molecule has 0 unspecified atom stereocenters. The third-order valence-electron chi connectivity index (χ3n) is 2.44. The molecule has 0 saturated heterocycles. The molecular weight excluding hydrogens is 231 g/mol. The number of halogens is 2. The van der Waals surface area contributed by atoms with Gasteiger partial charge in [0.15, 0.2) is 11.6 Å². The van der Waals surface area contributed by atoms with E-state index in [2.05, 4.69) is 0 Å². The van der Waals surface area contributed by atoms with Crippen molar-refractivity contribution in [2.45, 2.75) is 25.6 Å². The van der Waals surface area contributed by atoms with Crippen LogP contribution in [0, 0.1) is 5.82 Å². The lowest BCUT2D eigenvalue weighted by Crippen LogP contribution is -2.03. The predicted octanol–water partition coefficient (Wildman–Crippen LogP) is 3.71. The SMILES string of the molecule is COc1cc(CCl)c(F)c(OC)c1C(C)C. The zero-order valence-electron chi connectivity index (χ0n) is 9.93. The highest BCUT2D eigenvalue weighted by atomic mass is 35.5. The Labute approximate surface area is 100 Å². The molecule has 0 aromatic heterocycles. The van der Waals surface area contributed by atoms with Crippen molar-refractivity contribution in [3.63, 3.8) is 0 Å². The van der Waals surface area contributed by atoms with Gasteiger partial charge in [-0.05, 0) is 12.0 Å². The Hall–Kier alpha value is -0.960. The van der Waals surface area contributed by atoms with Crippen molar-refractivity contribution in [3.05, 3.63) is 23.0 Å². The first-order valence-electron chi connectivity index (χ1n) is 5.06. The van der Waals surface area contributed by atoms with Crippen LogP contribution in [0.25, 0.3) is 0 Å². The van der Waals surface area contributed by atoms with E-state index >= 15 is 0 Å². The van der Waals surface area contributed by atoms with Crippen molar-refractivity contribution in [1.82, 2.24) is 0 Å². The summed E-state index contributed by atoms with van der Waals surface area (Å²) >= 11 is 5.67. The monoisotopic (exact) mass is 246 g/mol. The van der Waals surface area contributed by atoms with E-state index in [1.165, 1.54) is 7.11 Å². The summed E-state index contributed by atoms with van der Waals surface area (Å²) in [6, 6.07) is 1.63. The van der Waals surface area contributed by atoms with Gasteiger partial charge in [-0.25, -0.2) is 4.39 Å². The Bertz CT molecular complexity index is 378. The van der Waals surface area contributed by atoms with Gasteiger partial charge in [0.2, 0.25) is 0 Å². The van der Waals surface area contributed by atoms with Crippen LogP contribution in [0.2, 0.25) is 0 Å². The van der Waals surface area contributed by atoms with E-state index in [1.807, 2.05) is 13.8 Å². The lowest BCUT2D eigenvalue weighted by Gasteiger charge is -2.18. The summed E-state index contributed by atoms with van der Waals surface area (Å²) in [4.78, 5) is 0. The molecule has 2 nitrogen and oxygen atoms in total.